The van der Waals surface area contributed by atoms with Gasteiger partial charge in [0.25, 0.3) is 5.91 Å². The molecule has 0 spiro atoms. The lowest BCUT2D eigenvalue weighted by atomic mass is 10.00. The number of rotatable bonds is 4. The van der Waals surface area contributed by atoms with Gasteiger partial charge in [0.05, 0.1) is 6.54 Å². The molecule has 5 heteroatoms. The Morgan fingerprint density at radius 1 is 1.14 bits per heavy atom. The number of amides is 1. The highest BCUT2D eigenvalue weighted by molar-refractivity contribution is 6.02. The van der Waals surface area contributed by atoms with Gasteiger partial charge in [-0.1, -0.05) is 18.2 Å². The molecule has 3 rings (SSSR count). The Hall–Kier alpha value is -2.69. The van der Waals surface area contributed by atoms with Crippen LogP contribution < -0.4 is 5.73 Å². The van der Waals surface area contributed by atoms with Crippen LogP contribution in [0.3, 0.4) is 0 Å². The minimum absolute atomic E-state index is 0.00398. The fourth-order valence-electron chi connectivity index (χ4n) is 2.29. The van der Waals surface area contributed by atoms with Crippen LogP contribution in [0.2, 0.25) is 0 Å². The van der Waals surface area contributed by atoms with Gasteiger partial charge >= 0.3 is 0 Å². The van der Waals surface area contributed by atoms with E-state index in [1.165, 1.54) is 5.01 Å². The van der Waals surface area contributed by atoms with E-state index in [1.54, 1.807) is 24.5 Å². The first-order valence-corrected chi connectivity index (χ1v) is 6.85. The molecule has 0 saturated heterocycles. The number of aromatic nitrogens is 1. The van der Waals surface area contributed by atoms with Crippen molar-refractivity contribution < 1.29 is 4.79 Å². The van der Waals surface area contributed by atoms with Crippen LogP contribution in [-0.2, 0) is 11.2 Å². The van der Waals surface area contributed by atoms with Crippen molar-refractivity contribution in [2.75, 3.05) is 12.3 Å². The molecule has 1 aliphatic rings. The van der Waals surface area contributed by atoms with Gasteiger partial charge in [0.2, 0.25) is 0 Å². The molecule has 2 N–H and O–H groups in total. The number of hydrogen-bond acceptors (Lipinski definition) is 4. The van der Waals surface area contributed by atoms with Gasteiger partial charge in [-0.15, -0.1) is 0 Å². The summed E-state index contributed by atoms with van der Waals surface area (Å²) in [5.74, 6) is -0.315. The van der Waals surface area contributed by atoms with Crippen LogP contribution in [0.5, 0.6) is 0 Å². The molecule has 0 fully saturated rings. The molecule has 106 valence electrons. The molecule has 1 aromatic heterocycles. The molecule has 1 aromatic carbocycles. The Morgan fingerprint density at radius 3 is 2.67 bits per heavy atom. The van der Waals surface area contributed by atoms with Crippen molar-refractivity contribution in [3.63, 3.8) is 0 Å². The molecular formula is C16H16N4O. The van der Waals surface area contributed by atoms with Gasteiger partial charge < -0.3 is 5.73 Å². The Balaban J connectivity index is 1.64. The summed E-state index contributed by atoms with van der Waals surface area (Å²) in [4.78, 5) is 16.6. The highest BCUT2D eigenvalue weighted by atomic mass is 16.2. The smallest absolute Gasteiger partial charge is 0.255 e. The SMILES string of the molecule is Nc1ccc(C2C=NN(CCc3ccccn3)C2=O)cc1. The van der Waals surface area contributed by atoms with Crippen molar-refractivity contribution in [3.05, 3.63) is 59.9 Å². The van der Waals surface area contributed by atoms with Crippen molar-refractivity contribution in [3.8, 4) is 0 Å². The molecule has 2 aromatic rings. The predicted molar refractivity (Wildman–Crippen MR) is 81.7 cm³/mol. The number of anilines is 1. The number of hydrazone groups is 1. The summed E-state index contributed by atoms with van der Waals surface area (Å²) < 4.78 is 0. The Morgan fingerprint density at radius 2 is 1.95 bits per heavy atom. The standard InChI is InChI=1S/C16H16N4O/c17-13-6-4-12(5-7-13)15-11-19-20(16(15)21)10-8-14-3-1-2-9-18-14/h1-7,9,11,15H,8,10,17H2. The normalized spacial score (nSPS) is 17.4. The number of carbonyl (C=O) groups is 1. The van der Waals surface area contributed by atoms with Gasteiger partial charge in [-0.3, -0.25) is 9.78 Å². The topological polar surface area (TPSA) is 71.6 Å². The van der Waals surface area contributed by atoms with Gasteiger partial charge in [-0.2, -0.15) is 5.10 Å². The van der Waals surface area contributed by atoms with Gasteiger partial charge in [-0.25, -0.2) is 5.01 Å². The number of carbonyl (C=O) groups excluding carboxylic acids is 1. The summed E-state index contributed by atoms with van der Waals surface area (Å²) in [5, 5.41) is 5.72. The van der Waals surface area contributed by atoms with E-state index in [1.807, 2.05) is 30.3 Å². The minimum atomic E-state index is -0.311. The summed E-state index contributed by atoms with van der Waals surface area (Å²) in [6.07, 6.45) is 4.13. The van der Waals surface area contributed by atoms with Crippen molar-refractivity contribution in [2.45, 2.75) is 12.3 Å². The molecule has 1 aliphatic heterocycles. The largest absolute Gasteiger partial charge is 0.399 e. The molecular weight excluding hydrogens is 264 g/mol. The van der Waals surface area contributed by atoms with E-state index in [2.05, 4.69) is 10.1 Å². The molecule has 1 amide bonds. The third-order valence-electron chi connectivity index (χ3n) is 3.48. The van der Waals surface area contributed by atoms with Gasteiger partial charge in [0.15, 0.2) is 0 Å². The lowest BCUT2D eigenvalue weighted by Gasteiger charge is -2.14. The number of pyridine rings is 1. The number of hydrogen-bond donors (Lipinski definition) is 1. The third kappa shape index (κ3) is 2.91. The van der Waals surface area contributed by atoms with Crippen molar-refractivity contribution in [1.29, 1.82) is 0 Å². The number of benzene rings is 1. The van der Waals surface area contributed by atoms with E-state index >= 15 is 0 Å². The summed E-state index contributed by atoms with van der Waals surface area (Å²) in [7, 11) is 0. The maximum Gasteiger partial charge on any atom is 0.255 e. The zero-order chi connectivity index (χ0) is 14.7. The minimum Gasteiger partial charge on any atom is -0.399 e. The fraction of sp³-hybridized carbons (Fsp3) is 0.188. The van der Waals surface area contributed by atoms with E-state index in [4.69, 9.17) is 5.73 Å². The number of nitrogens with zero attached hydrogens (tertiary/aromatic N) is 3. The highest BCUT2D eigenvalue weighted by Gasteiger charge is 2.29. The Bertz CT molecular complexity index is 652. The van der Waals surface area contributed by atoms with Crippen molar-refractivity contribution in [1.82, 2.24) is 9.99 Å². The van der Waals surface area contributed by atoms with Crippen LogP contribution in [0.4, 0.5) is 5.69 Å². The van der Waals surface area contributed by atoms with Gasteiger partial charge in [0.1, 0.15) is 5.92 Å². The average molecular weight is 280 g/mol. The Kier molecular flexibility index (Phi) is 3.64. The lowest BCUT2D eigenvalue weighted by Crippen LogP contribution is -2.27. The van der Waals surface area contributed by atoms with E-state index in [-0.39, 0.29) is 11.8 Å². The zero-order valence-corrected chi connectivity index (χ0v) is 11.5. The Labute approximate surface area is 123 Å². The molecule has 1 unspecified atom stereocenters. The van der Waals surface area contributed by atoms with Crippen LogP contribution >= 0.6 is 0 Å². The molecule has 0 saturated carbocycles. The van der Waals surface area contributed by atoms with Crippen LogP contribution in [0.25, 0.3) is 0 Å². The highest BCUT2D eigenvalue weighted by Crippen LogP contribution is 2.23. The first-order valence-electron chi connectivity index (χ1n) is 6.85. The summed E-state index contributed by atoms with van der Waals surface area (Å²) in [6, 6.07) is 13.1. The molecule has 2 heterocycles. The first-order chi connectivity index (χ1) is 10.2. The number of nitrogens with two attached hydrogens (primary N) is 1. The summed E-state index contributed by atoms with van der Waals surface area (Å²) in [6.45, 7) is 0.540. The maximum absolute atomic E-state index is 12.4. The molecule has 1 atom stereocenters. The molecule has 21 heavy (non-hydrogen) atoms. The third-order valence-corrected chi connectivity index (χ3v) is 3.48. The molecule has 5 nitrogen and oxygen atoms in total. The van der Waals surface area contributed by atoms with E-state index in [0.717, 1.165) is 11.3 Å². The van der Waals surface area contributed by atoms with Crippen LogP contribution in [-0.4, -0.2) is 28.7 Å². The fourth-order valence-corrected chi connectivity index (χ4v) is 2.29. The van der Waals surface area contributed by atoms with Crippen molar-refractivity contribution >= 4 is 17.8 Å². The zero-order valence-electron chi connectivity index (χ0n) is 11.5. The lowest BCUT2D eigenvalue weighted by molar-refractivity contribution is -0.129. The maximum atomic E-state index is 12.4. The first kappa shape index (κ1) is 13.3. The van der Waals surface area contributed by atoms with E-state index in [9.17, 15) is 4.79 Å². The summed E-state index contributed by atoms with van der Waals surface area (Å²) >= 11 is 0. The van der Waals surface area contributed by atoms with Crippen LogP contribution in [0.15, 0.2) is 53.8 Å². The van der Waals surface area contributed by atoms with Crippen molar-refractivity contribution in [2.24, 2.45) is 5.10 Å². The quantitative estimate of drug-likeness (QED) is 0.868. The molecule has 0 bridgehead atoms. The second kappa shape index (κ2) is 5.75. The molecule has 0 radical (unpaired) electrons. The second-order valence-corrected chi connectivity index (χ2v) is 4.94. The predicted octanol–water partition coefficient (Wildman–Crippen LogP) is 1.82. The van der Waals surface area contributed by atoms with E-state index < -0.39 is 0 Å². The average Bonchev–Trinajstić information content (AvgIpc) is 2.88. The van der Waals surface area contributed by atoms with Crippen LogP contribution in [0.1, 0.15) is 17.2 Å². The number of nitrogen functional groups attached to an aromatic ring is 1. The van der Waals surface area contributed by atoms with Crippen LogP contribution in [0, 0.1) is 0 Å². The van der Waals surface area contributed by atoms with Gasteiger partial charge in [0, 0.05) is 30.2 Å². The van der Waals surface area contributed by atoms with E-state index in [0.29, 0.717) is 18.7 Å². The van der Waals surface area contributed by atoms with Gasteiger partial charge in [-0.05, 0) is 29.8 Å². The molecule has 0 aliphatic carbocycles. The second-order valence-electron chi connectivity index (χ2n) is 4.94. The monoisotopic (exact) mass is 280 g/mol. The summed E-state index contributed by atoms with van der Waals surface area (Å²) in [5.41, 5.74) is 8.22.